The number of halogens is 1. The highest BCUT2D eigenvalue weighted by Gasteiger charge is 2.20. The van der Waals surface area contributed by atoms with Crippen LogP contribution in [0.5, 0.6) is 0 Å². The van der Waals surface area contributed by atoms with Crippen LogP contribution in [0.25, 0.3) is 11.1 Å². The first-order valence-electron chi connectivity index (χ1n) is 5.68. The quantitative estimate of drug-likeness (QED) is 0.686. The lowest BCUT2D eigenvalue weighted by atomic mass is 9.98. The molecule has 0 aliphatic carbocycles. The Balaban J connectivity index is 2.62. The summed E-state index contributed by atoms with van der Waals surface area (Å²) in [6, 6.07) is 9.22. The predicted octanol–water partition coefficient (Wildman–Crippen LogP) is 3.92. The van der Waals surface area contributed by atoms with Gasteiger partial charge in [-0.1, -0.05) is 23.7 Å². The van der Waals surface area contributed by atoms with Gasteiger partial charge in [0.15, 0.2) is 0 Å². The van der Waals surface area contributed by atoms with Gasteiger partial charge in [0.2, 0.25) is 0 Å². The molecule has 0 heterocycles. The fourth-order valence-corrected chi connectivity index (χ4v) is 2.21. The van der Waals surface area contributed by atoms with Gasteiger partial charge in [-0.2, -0.15) is 0 Å². The Morgan fingerprint density at radius 3 is 2.50 bits per heavy atom. The Hall–Kier alpha value is -2.40. The molecule has 0 aliphatic rings. The minimum Gasteiger partial charge on any atom is -0.477 e. The van der Waals surface area contributed by atoms with Crippen molar-refractivity contribution in [2.45, 2.75) is 6.92 Å². The molecule has 0 atom stereocenters. The molecule has 0 bridgehead atoms. The molecule has 2 aromatic carbocycles. The van der Waals surface area contributed by atoms with Crippen molar-refractivity contribution in [3.8, 4) is 11.1 Å². The zero-order chi connectivity index (χ0) is 14.9. The number of nitrogens with zero attached hydrogens (tertiary/aromatic N) is 1. The molecule has 0 radical (unpaired) electrons. The average molecular weight is 292 g/mol. The molecule has 5 nitrogen and oxygen atoms in total. The zero-order valence-electron chi connectivity index (χ0n) is 10.5. The van der Waals surface area contributed by atoms with Crippen molar-refractivity contribution in [3.63, 3.8) is 0 Å². The minimum absolute atomic E-state index is 0.328. The Kier molecular flexibility index (Phi) is 3.72. The second-order valence-corrected chi connectivity index (χ2v) is 4.69. The normalized spacial score (nSPS) is 10.3. The topological polar surface area (TPSA) is 80.4 Å². The molecule has 2 rings (SSSR count). The van der Waals surface area contributed by atoms with Crippen LogP contribution in [-0.4, -0.2) is 16.0 Å². The van der Waals surface area contributed by atoms with Crippen molar-refractivity contribution in [3.05, 3.63) is 62.7 Å². The van der Waals surface area contributed by atoms with Gasteiger partial charge in [-0.15, -0.1) is 0 Å². The third kappa shape index (κ3) is 2.62. The van der Waals surface area contributed by atoms with E-state index in [0.717, 1.165) is 11.1 Å². The minimum atomic E-state index is -1.32. The predicted molar refractivity (Wildman–Crippen MR) is 75.2 cm³/mol. The number of carbonyl (C=O) groups is 1. The smallest absolute Gasteiger partial charge is 0.342 e. The average Bonchev–Trinajstić information content (AvgIpc) is 2.37. The number of rotatable bonds is 3. The summed E-state index contributed by atoms with van der Waals surface area (Å²) in [7, 11) is 0. The molecule has 2 aromatic rings. The van der Waals surface area contributed by atoms with Gasteiger partial charge in [0.05, 0.1) is 4.92 Å². The molecule has 0 spiro atoms. The number of hydrogen-bond donors (Lipinski definition) is 1. The summed E-state index contributed by atoms with van der Waals surface area (Å²) in [6.07, 6.45) is 0. The highest BCUT2D eigenvalue weighted by molar-refractivity contribution is 6.30. The number of aryl methyl sites for hydroxylation is 1. The van der Waals surface area contributed by atoms with Crippen LogP contribution in [0.4, 0.5) is 5.69 Å². The number of nitro benzene ring substituents is 1. The van der Waals surface area contributed by atoms with Crippen molar-refractivity contribution >= 4 is 23.3 Å². The van der Waals surface area contributed by atoms with Crippen LogP contribution in [-0.2, 0) is 0 Å². The van der Waals surface area contributed by atoms with E-state index in [1.807, 2.05) is 6.92 Å². The second-order valence-electron chi connectivity index (χ2n) is 4.25. The van der Waals surface area contributed by atoms with Gasteiger partial charge in [0.1, 0.15) is 5.56 Å². The fraction of sp³-hybridized carbons (Fsp3) is 0.0714. The summed E-state index contributed by atoms with van der Waals surface area (Å²) in [4.78, 5) is 21.2. The first-order valence-corrected chi connectivity index (χ1v) is 6.06. The maximum atomic E-state index is 11.0. The summed E-state index contributed by atoms with van der Waals surface area (Å²) in [5.74, 6) is -1.32. The van der Waals surface area contributed by atoms with E-state index in [1.165, 1.54) is 12.1 Å². The number of hydrogen-bond acceptors (Lipinski definition) is 3. The molecular formula is C14H10ClNO4. The van der Waals surface area contributed by atoms with Gasteiger partial charge in [-0.25, -0.2) is 4.79 Å². The molecule has 6 heteroatoms. The Bertz CT molecular complexity index is 712. The number of benzene rings is 2. The van der Waals surface area contributed by atoms with Crippen LogP contribution in [0, 0.1) is 17.0 Å². The molecule has 0 unspecified atom stereocenters. The summed E-state index contributed by atoms with van der Waals surface area (Å²) in [6.45, 7) is 1.83. The van der Waals surface area contributed by atoms with Crippen LogP contribution < -0.4 is 0 Å². The van der Waals surface area contributed by atoms with Crippen LogP contribution in [0.3, 0.4) is 0 Å². The van der Waals surface area contributed by atoms with Crippen molar-refractivity contribution < 1.29 is 14.8 Å². The second kappa shape index (κ2) is 5.30. The Morgan fingerprint density at radius 2 is 1.95 bits per heavy atom. The SMILES string of the molecule is Cc1cc(Cl)ccc1-c1ccc(C(=O)O)c([N+](=O)[O-])c1. The molecule has 0 saturated carbocycles. The van der Waals surface area contributed by atoms with E-state index in [0.29, 0.717) is 10.6 Å². The molecular weight excluding hydrogens is 282 g/mol. The highest BCUT2D eigenvalue weighted by atomic mass is 35.5. The first kappa shape index (κ1) is 14.0. The maximum Gasteiger partial charge on any atom is 0.342 e. The van der Waals surface area contributed by atoms with Crippen LogP contribution in [0.1, 0.15) is 15.9 Å². The summed E-state index contributed by atoms with van der Waals surface area (Å²) in [5.41, 5.74) is 1.45. The highest BCUT2D eigenvalue weighted by Crippen LogP contribution is 2.30. The summed E-state index contributed by atoms with van der Waals surface area (Å²) < 4.78 is 0. The van der Waals surface area contributed by atoms with Crippen LogP contribution in [0.15, 0.2) is 36.4 Å². The van der Waals surface area contributed by atoms with E-state index in [4.69, 9.17) is 16.7 Å². The Labute approximate surface area is 119 Å². The van der Waals surface area contributed by atoms with Gasteiger partial charge in [-0.05, 0) is 41.8 Å². The number of carboxylic acids is 1. The Morgan fingerprint density at radius 1 is 1.25 bits per heavy atom. The van der Waals surface area contributed by atoms with Crippen molar-refractivity contribution in [1.82, 2.24) is 0 Å². The van der Waals surface area contributed by atoms with E-state index >= 15 is 0 Å². The summed E-state index contributed by atoms with van der Waals surface area (Å²) in [5, 5.41) is 20.5. The molecule has 1 N–H and O–H groups in total. The number of carboxylic acid groups (broad SMARTS) is 1. The fourth-order valence-electron chi connectivity index (χ4n) is 1.98. The summed E-state index contributed by atoms with van der Waals surface area (Å²) >= 11 is 5.87. The van der Waals surface area contributed by atoms with Crippen molar-refractivity contribution in [2.75, 3.05) is 0 Å². The molecule has 0 aliphatic heterocycles. The molecule has 0 amide bonds. The monoisotopic (exact) mass is 291 g/mol. The lowest BCUT2D eigenvalue weighted by molar-refractivity contribution is -0.385. The van der Waals surface area contributed by atoms with Gasteiger partial charge in [0, 0.05) is 11.1 Å². The number of aromatic carboxylic acids is 1. The first-order chi connectivity index (χ1) is 9.40. The van der Waals surface area contributed by atoms with Gasteiger partial charge in [-0.3, -0.25) is 10.1 Å². The van der Waals surface area contributed by atoms with Crippen LogP contribution >= 0.6 is 11.6 Å². The zero-order valence-corrected chi connectivity index (χ0v) is 11.2. The van der Waals surface area contributed by atoms with Crippen molar-refractivity contribution in [1.29, 1.82) is 0 Å². The molecule has 20 heavy (non-hydrogen) atoms. The molecule has 0 fully saturated rings. The van der Waals surface area contributed by atoms with E-state index in [2.05, 4.69) is 0 Å². The van der Waals surface area contributed by atoms with E-state index in [9.17, 15) is 14.9 Å². The van der Waals surface area contributed by atoms with Gasteiger partial charge in [0.25, 0.3) is 5.69 Å². The van der Waals surface area contributed by atoms with Gasteiger partial charge >= 0.3 is 5.97 Å². The maximum absolute atomic E-state index is 11.0. The third-order valence-corrected chi connectivity index (χ3v) is 3.16. The molecule has 0 aromatic heterocycles. The lowest BCUT2D eigenvalue weighted by Gasteiger charge is -2.07. The van der Waals surface area contributed by atoms with E-state index in [-0.39, 0.29) is 5.56 Å². The molecule has 102 valence electrons. The van der Waals surface area contributed by atoms with Crippen molar-refractivity contribution in [2.24, 2.45) is 0 Å². The standard InChI is InChI=1S/C14H10ClNO4/c1-8-6-10(15)3-5-11(8)9-2-4-12(14(17)18)13(7-9)16(19)20/h2-7H,1H3,(H,17,18). The van der Waals surface area contributed by atoms with Crippen LogP contribution in [0.2, 0.25) is 5.02 Å². The van der Waals surface area contributed by atoms with E-state index in [1.54, 1.807) is 24.3 Å². The molecule has 0 saturated heterocycles. The van der Waals surface area contributed by atoms with E-state index < -0.39 is 16.6 Å². The lowest BCUT2D eigenvalue weighted by Crippen LogP contribution is -2.02. The number of nitro groups is 1. The van der Waals surface area contributed by atoms with Gasteiger partial charge < -0.3 is 5.11 Å². The largest absolute Gasteiger partial charge is 0.477 e. The third-order valence-electron chi connectivity index (χ3n) is 2.92.